The summed E-state index contributed by atoms with van der Waals surface area (Å²) in [6.45, 7) is 3.23. The number of nitrogens with one attached hydrogen (secondary N) is 1. The van der Waals surface area contributed by atoms with Crippen molar-refractivity contribution in [1.82, 2.24) is 4.90 Å². The monoisotopic (exact) mass is 340 g/mol. The number of anilines is 1. The molecule has 1 heterocycles. The average molecular weight is 340 g/mol. The molecular formula is C20H24N2O3. The van der Waals surface area contributed by atoms with Gasteiger partial charge in [0.2, 0.25) is 0 Å². The number of ether oxygens (including phenoxy) is 2. The second-order valence-corrected chi connectivity index (χ2v) is 5.99. The maximum atomic E-state index is 12.8. The van der Waals surface area contributed by atoms with Crippen molar-refractivity contribution in [2.24, 2.45) is 0 Å². The van der Waals surface area contributed by atoms with Crippen LogP contribution in [0.2, 0.25) is 0 Å². The van der Waals surface area contributed by atoms with E-state index in [0.717, 1.165) is 30.7 Å². The van der Waals surface area contributed by atoms with Crippen LogP contribution >= 0.6 is 0 Å². The molecule has 1 aliphatic rings. The lowest BCUT2D eigenvalue weighted by Gasteiger charge is -2.26. The third kappa shape index (κ3) is 3.87. The number of benzene rings is 2. The van der Waals surface area contributed by atoms with Gasteiger partial charge in [0.25, 0.3) is 0 Å². The first-order valence-corrected chi connectivity index (χ1v) is 8.66. The van der Waals surface area contributed by atoms with E-state index in [-0.39, 0.29) is 12.1 Å². The van der Waals surface area contributed by atoms with E-state index in [9.17, 15) is 4.79 Å². The van der Waals surface area contributed by atoms with Crippen molar-refractivity contribution < 1.29 is 14.3 Å². The molecule has 1 atom stereocenters. The number of amides is 2. The molecule has 2 amide bonds. The van der Waals surface area contributed by atoms with Crippen molar-refractivity contribution in [3.05, 3.63) is 54.1 Å². The average Bonchev–Trinajstić information content (AvgIpc) is 3.13. The zero-order chi connectivity index (χ0) is 17.6. The number of hydrogen-bond acceptors (Lipinski definition) is 3. The number of hydrogen-bond donors (Lipinski definition) is 1. The molecule has 0 spiro atoms. The molecule has 1 N–H and O–H groups in total. The van der Waals surface area contributed by atoms with Crippen LogP contribution in [-0.2, 0) is 0 Å². The first kappa shape index (κ1) is 17.1. The van der Waals surface area contributed by atoms with Gasteiger partial charge in [0.15, 0.2) is 0 Å². The summed E-state index contributed by atoms with van der Waals surface area (Å²) in [5.41, 5.74) is 1.80. The van der Waals surface area contributed by atoms with E-state index >= 15 is 0 Å². The third-order valence-electron chi connectivity index (χ3n) is 4.42. The highest BCUT2D eigenvalue weighted by Gasteiger charge is 2.30. The fourth-order valence-corrected chi connectivity index (χ4v) is 3.24. The second kappa shape index (κ2) is 7.92. The molecule has 3 rings (SSSR count). The maximum Gasteiger partial charge on any atom is 0.322 e. The molecule has 5 nitrogen and oxygen atoms in total. The van der Waals surface area contributed by atoms with Crippen LogP contribution in [0.3, 0.4) is 0 Å². The minimum atomic E-state index is -0.0996. The second-order valence-electron chi connectivity index (χ2n) is 5.99. The molecule has 0 radical (unpaired) electrons. The van der Waals surface area contributed by atoms with E-state index in [2.05, 4.69) is 5.32 Å². The maximum absolute atomic E-state index is 12.8. The standard InChI is InChI=1S/C20H24N2O3/c1-3-25-19-12-5-4-10-17(19)21-20(23)22-13-7-11-18(22)15-8-6-9-16(14-15)24-2/h4-6,8-10,12,14,18H,3,7,11,13H2,1-2H3,(H,21,23). The van der Waals surface area contributed by atoms with Crippen LogP contribution in [0.5, 0.6) is 11.5 Å². The largest absolute Gasteiger partial charge is 0.497 e. The molecule has 1 aliphatic heterocycles. The summed E-state index contributed by atoms with van der Waals surface area (Å²) in [5.74, 6) is 1.50. The van der Waals surface area contributed by atoms with Gasteiger partial charge in [-0.2, -0.15) is 0 Å². The van der Waals surface area contributed by atoms with Gasteiger partial charge in [0, 0.05) is 6.54 Å². The summed E-state index contributed by atoms with van der Waals surface area (Å²) in [5, 5.41) is 3.00. The molecule has 2 aromatic rings. The summed E-state index contributed by atoms with van der Waals surface area (Å²) in [6.07, 6.45) is 1.94. The Kier molecular flexibility index (Phi) is 5.43. The van der Waals surface area contributed by atoms with E-state index in [1.54, 1.807) is 7.11 Å². The number of likely N-dealkylation sites (tertiary alicyclic amines) is 1. The smallest absolute Gasteiger partial charge is 0.322 e. The third-order valence-corrected chi connectivity index (χ3v) is 4.42. The number of para-hydroxylation sites is 2. The van der Waals surface area contributed by atoms with Crippen molar-refractivity contribution in [3.8, 4) is 11.5 Å². The summed E-state index contributed by atoms with van der Waals surface area (Å²) < 4.78 is 10.9. The number of rotatable bonds is 5. The fraction of sp³-hybridized carbons (Fsp3) is 0.350. The van der Waals surface area contributed by atoms with Gasteiger partial charge in [0.05, 0.1) is 25.4 Å². The molecule has 2 aromatic carbocycles. The minimum absolute atomic E-state index is 0.0642. The van der Waals surface area contributed by atoms with Crippen molar-refractivity contribution in [2.45, 2.75) is 25.8 Å². The van der Waals surface area contributed by atoms with E-state index in [0.29, 0.717) is 18.0 Å². The van der Waals surface area contributed by atoms with Crippen LogP contribution in [0, 0.1) is 0 Å². The minimum Gasteiger partial charge on any atom is -0.497 e. The Morgan fingerprint density at radius 3 is 2.88 bits per heavy atom. The Balaban J connectivity index is 1.77. The first-order chi connectivity index (χ1) is 12.2. The topological polar surface area (TPSA) is 50.8 Å². The molecule has 1 fully saturated rings. The Morgan fingerprint density at radius 1 is 1.24 bits per heavy atom. The highest BCUT2D eigenvalue weighted by atomic mass is 16.5. The van der Waals surface area contributed by atoms with E-state index < -0.39 is 0 Å². The SMILES string of the molecule is CCOc1ccccc1NC(=O)N1CCCC1c1cccc(OC)c1. The van der Waals surface area contributed by atoms with Crippen molar-refractivity contribution in [2.75, 3.05) is 25.6 Å². The van der Waals surface area contributed by atoms with Gasteiger partial charge >= 0.3 is 6.03 Å². The van der Waals surface area contributed by atoms with E-state index in [1.165, 1.54) is 0 Å². The van der Waals surface area contributed by atoms with Gasteiger partial charge in [-0.05, 0) is 49.6 Å². The summed E-state index contributed by atoms with van der Waals surface area (Å²) in [4.78, 5) is 14.7. The summed E-state index contributed by atoms with van der Waals surface area (Å²) in [6, 6.07) is 15.4. The number of nitrogens with zero attached hydrogens (tertiary/aromatic N) is 1. The van der Waals surface area contributed by atoms with Gasteiger partial charge in [-0.25, -0.2) is 4.79 Å². The molecule has 25 heavy (non-hydrogen) atoms. The molecular weight excluding hydrogens is 316 g/mol. The van der Waals surface area contributed by atoms with Crippen LogP contribution in [0.4, 0.5) is 10.5 Å². The molecule has 0 bridgehead atoms. The van der Waals surface area contributed by atoms with E-state index in [4.69, 9.17) is 9.47 Å². The zero-order valence-corrected chi connectivity index (χ0v) is 14.7. The van der Waals surface area contributed by atoms with Crippen molar-refractivity contribution in [1.29, 1.82) is 0 Å². The normalized spacial score (nSPS) is 16.6. The number of urea groups is 1. The number of carbonyl (C=O) groups is 1. The Bertz CT molecular complexity index is 732. The van der Waals surface area contributed by atoms with Gasteiger partial charge in [-0.15, -0.1) is 0 Å². The lowest BCUT2D eigenvalue weighted by molar-refractivity contribution is 0.207. The summed E-state index contributed by atoms with van der Waals surface area (Å²) in [7, 11) is 1.66. The highest BCUT2D eigenvalue weighted by molar-refractivity contribution is 5.91. The fourth-order valence-electron chi connectivity index (χ4n) is 3.24. The van der Waals surface area contributed by atoms with Crippen molar-refractivity contribution >= 4 is 11.7 Å². The lowest BCUT2D eigenvalue weighted by Crippen LogP contribution is -2.34. The predicted molar refractivity (Wildman–Crippen MR) is 98.3 cm³/mol. The van der Waals surface area contributed by atoms with Gasteiger partial charge < -0.3 is 19.7 Å². The van der Waals surface area contributed by atoms with Gasteiger partial charge in [-0.3, -0.25) is 0 Å². The molecule has 1 unspecified atom stereocenters. The molecule has 0 aromatic heterocycles. The Morgan fingerprint density at radius 2 is 2.08 bits per heavy atom. The molecule has 1 saturated heterocycles. The van der Waals surface area contributed by atoms with Crippen LogP contribution in [-0.4, -0.2) is 31.2 Å². The van der Waals surface area contributed by atoms with E-state index in [1.807, 2.05) is 60.4 Å². The van der Waals surface area contributed by atoms with Gasteiger partial charge in [-0.1, -0.05) is 24.3 Å². The predicted octanol–water partition coefficient (Wildman–Crippen LogP) is 4.46. The zero-order valence-electron chi connectivity index (χ0n) is 14.7. The highest BCUT2D eigenvalue weighted by Crippen LogP contribution is 2.34. The molecule has 132 valence electrons. The van der Waals surface area contributed by atoms with Crippen LogP contribution in [0.25, 0.3) is 0 Å². The van der Waals surface area contributed by atoms with Crippen LogP contribution in [0.1, 0.15) is 31.4 Å². The Labute approximate surface area is 148 Å². The van der Waals surface area contributed by atoms with Gasteiger partial charge in [0.1, 0.15) is 11.5 Å². The number of methoxy groups -OCH3 is 1. The van der Waals surface area contributed by atoms with Crippen molar-refractivity contribution in [3.63, 3.8) is 0 Å². The first-order valence-electron chi connectivity index (χ1n) is 8.66. The summed E-state index contributed by atoms with van der Waals surface area (Å²) >= 11 is 0. The lowest BCUT2D eigenvalue weighted by atomic mass is 10.0. The van der Waals surface area contributed by atoms with Crippen LogP contribution < -0.4 is 14.8 Å². The van der Waals surface area contributed by atoms with Crippen LogP contribution in [0.15, 0.2) is 48.5 Å². The molecule has 0 aliphatic carbocycles. The molecule has 0 saturated carbocycles. The number of carbonyl (C=O) groups excluding carboxylic acids is 1. The quantitative estimate of drug-likeness (QED) is 0.874. The molecule has 5 heteroatoms. The Hall–Kier alpha value is -2.69.